The molecule has 0 N–H and O–H groups in total. The Hall–Kier alpha value is -0.0400. The Bertz CT molecular complexity index is 151. The lowest BCUT2D eigenvalue weighted by Gasteiger charge is -2.43. The summed E-state index contributed by atoms with van der Waals surface area (Å²) in [6.45, 7) is 7.56. The van der Waals surface area contributed by atoms with Crippen molar-refractivity contribution in [1.82, 2.24) is 4.90 Å². The highest BCUT2D eigenvalue weighted by Gasteiger charge is 2.30. The van der Waals surface area contributed by atoms with E-state index < -0.39 is 0 Å². The van der Waals surface area contributed by atoms with Crippen molar-refractivity contribution in [3.63, 3.8) is 0 Å². The molecular weight excluding hydrogens is 146 g/mol. The SMILES string of the molecule is CC1CCN(C2CCC2)CC1C. The molecule has 0 aromatic carbocycles. The van der Waals surface area contributed by atoms with Crippen LogP contribution >= 0.6 is 0 Å². The van der Waals surface area contributed by atoms with Crippen molar-refractivity contribution in [1.29, 1.82) is 0 Å². The van der Waals surface area contributed by atoms with Crippen molar-refractivity contribution in [2.45, 2.75) is 45.6 Å². The van der Waals surface area contributed by atoms with E-state index in [1.807, 2.05) is 0 Å². The molecule has 2 unspecified atom stereocenters. The molecule has 1 saturated carbocycles. The zero-order chi connectivity index (χ0) is 8.55. The van der Waals surface area contributed by atoms with Crippen molar-refractivity contribution in [2.75, 3.05) is 13.1 Å². The molecule has 2 aliphatic rings. The van der Waals surface area contributed by atoms with Gasteiger partial charge in [-0.1, -0.05) is 20.3 Å². The average Bonchev–Trinajstić information content (AvgIpc) is 1.93. The van der Waals surface area contributed by atoms with Crippen LogP contribution in [0, 0.1) is 11.8 Å². The van der Waals surface area contributed by atoms with Gasteiger partial charge in [-0.15, -0.1) is 0 Å². The Balaban J connectivity index is 1.84. The van der Waals surface area contributed by atoms with E-state index in [9.17, 15) is 0 Å². The van der Waals surface area contributed by atoms with Crippen LogP contribution in [0.15, 0.2) is 0 Å². The van der Waals surface area contributed by atoms with Crippen LogP contribution in [0.25, 0.3) is 0 Å². The molecule has 1 aliphatic carbocycles. The molecule has 0 amide bonds. The second-order valence-corrected chi connectivity index (χ2v) is 4.82. The van der Waals surface area contributed by atoms with Gasteiger partial charge in [0.15, 0.2) is 0 Å². The molecule has 0 aromatic rings. The highest BCUT2D eigenvalue weighted by molar-refractivity contribution is 4.85. The summed E-state index contributed by atoms with van der Waals surface area (Å²) in [6, 6.07) is 0.972. The van der Waals surface area contributed by atoms with E-state index in [4.69, 9.17) is 0 Å². The fourth-order valence-corrected chi connectivity index (χ4v) is 2.38. The monoisotopic (exact) mass is 167 g/mol. The van der Waals surface area contributed by atoms with Gasteiger partial charge in [-0.3, -0.25) is 0 Å². The molecule has 0 radical (unpaired) electrons. The van der Waals surface area contributed by atoms with Gasteiger partial charge < -0.3 is 4.90 Å². The quantitative estimate of drug-likeness (QED) is 0.580. The number of likely N-dealkylation sites (tertiary alicyclic amines) is 1. The summed E-state index contributed by atoms with van der Waals surface area (Å²) in [5.41, 5.74) is 0. The van der Waals surface area contributed by atoms with E-state index in [0.29, 0.717) is 0 Å². The third-order valence-electron chi connectivity index (χ3n) is 3.96. The van der Waals surface area contributed by atoms with Gasteiger partial charge in [0.25, 0.3) is 0 Å². The van der Waals surface area contributed by atoms with Crippen LogP contribution < -0.4 is 0 Å². The van der Waals surface area contributed by atoms with Crippen molar-refractivity contribution in [3.8, 4) is 0 Å². The zero-order valence-electron chi connectivity index (χ0n) is 8.42. The fraction of sp³-hybridized carbons (Fsp3) is 1.00. The van der Waals surface area contributed by atoms with E-state index in [1.165, 1.54) is 38.8 Å². The van der Waals surface area contributed by atoms with Crippen molar-refractivity contribution in [2.24, 2.45) is 11.8 Å². The van der Waals surface area contributed by atoms with Gasteiger partial charge in [-0.25, -0.2) is 0 Å². The Labute approximate surface area is 76.1 Å². The van der Waals surface area contributed by atoms with Crippen LogP contribution in [-0.4, -0.2) is 24.0 Å². The summed E-state index contributed by atoms with van der Waals surface area (Å²) >= 11 is 0. The number of hydrogen-bond acceptors (Lipinski definition) is 1. The second kappa shape index (κ2) is 3.37. The fourth-order valence-electron chi connectivity index (χ4n) is 2.38. The number of rotatable bonds is 1. The summed E-state index contributed by atoms with van der Waals surface area (Å²) in [5, 5.41) is 0. The summed E-state index contributed by atoms with van der Waals surface area (Å²) in [5.74, 6) is 1.89. The highest BCUT2D eigenvalue weighted by Crippen LogP contribution is 2.30. The standard InChI is InChI=1S/C11H21N/c1-9-6-7-12(8-10(9)2)11-4-3-5-11/h9-11H,3-8H2,1-2H3. The maximum atomic E-state index is 2.73. The minimum atomic E-state index is 0.930. The van der Waals surface area contributed by atoms with Gasteiger partial charge in [0.2, 0.25) is 0 Å². The molecule has 0 spiro atoms. The predicted molar refractivity (Wildman–Crippen MR) is 52.2 cm³/mol. The minimum absolute atomic E-state index is 0.930. The lowest BCUT2D eigenvalue weighted by Crippen LogP contribution is -2.47. The topological polar surface area (TPSA) is 3.24 Å². The average molecular weight is 167 g/mol. The highest BCUT2D eigenvalue weighted by atomic mass is 15.2. The maximum absolute atomic E-state index is 2.73. The molecule has 1 nitrogen and oxygen atoms in total. The number of piperidine rings is 1. The Morgan fingerprint density at radius 3 is 2.25 bits per heavy atom. The van der Waals surface area contributed by atoms with E-state index in [0.717, 1.165) is 17.9 Å². The zero-order valence-corrected chi connectivity index (χ0v) is 8.42. The molecule has 2 rings (SSSR count). The van der Waals surface area contributed by atoms with Gasteiger partial charge in [0.05, 0.1) is 0 Å². The summed E-state index contributed by atoms with van der Waals surface area (Å²) in [4.78, 5) is 2.73. The van der Waals surface area contributed by atoms with Gasteiger partial charge in [-0.05, 0) is 37.6 Å². The molecule has 2 fully saturated rings. The first kappa shape index (κ1) is 8.55. The summed E-state index contributed by atoms with van der Waals surface area (Å²) < 4.78 is 0. The van der Waals surface area contributed by atoms with Crippen molar-refractivity contribution in [3.05, 3.63) is 0 Å². The Morgan fingerprint density at radius 2 is 1.75 bits per heavy atom. The molecule has 1 heteroatoms. The van der Waals surface area contributed by atoms with Crippen molar-refractivity contribution >= 4 is 0 Å². The summed E-state index contributed by atoms with van der Waals surface area (Å²) in [7, 11) is 0. The molecule has 1 saturated heterocycles. The molecule has 12 heavy (non-hydrogen) atoms. The third-order valence-corrected chi connectivity index (χ3v) is 3.96. The molecular formula is C11H21N. The van der Waals surface area contributed by atoms with Gasteiger partial charge >= 0.3 is 0 Å². The van der Waals surface area contributed by atoms with Crippen LogP contribution in [0.1, 0.15) is 39.5 Å². The molecule has 0 bridgehead atoms. The predicted octanol–water partition coefficient (Wildman–Crippen LogP) is 2.52. The molecule has 1 aliphatic heterocycles. The lowest BCUT2D eigenvalue weighted by molar-refractivity contribution is 0.0581. The first-order chi connectivity index (χ1) is 5.77. The molecule has 2 atom stereocenters. The van der Waals surface area contributed by atoms with Crippen LogP contribution in [0.2, 0.25) is 0 Å². The largest absolute Gasteiger partial charge is 0.300 e. The van der Waals surface area contributed by atoms with Crippen LogP contribution in [0.3, 0.4) is 0 Å². The van der Waals surface area contributed by atoms with E-state index in [1.54, 1.807) is 0 Å². The van der Waals surface area contributed by atoms with Crippen LogP contribution in [0.5, 0.6) is 0 Å². The van der Waals surface area contributed by atoms with Crippen molar-refractivity contribution < 1.29 is 0 Å². The first-order valence-corrected chi connectivity index (χ1v) is 5.51. The number of hydrogen-bond donors (Lipinski definition) is 0. The summed E-state index contributed by atoms with van der Waals surface area (Å²) in [6.07, 6.45) is 5.85. The maximum Gasteiger partial charge on any atom is 0.00953 e. The minimum Gasteiger partial charge on any atom is -0.300 e. The lowest BCUT2D eigenvalue weighted by atomic mass is 9.84. The Morgan fingerprint density at radius 1 is 1.00 bits per heavy atom. The van der Waals surface area contributed by atoms with E-state index >= 15 is 0 Å². The van der Waals surface area contributed by atoms with Gasteiger partial charge in [-0.2, -0.15) is 0 Å². The van der Waals surface area contributed by atoms with E-state index in [-0.39, 0.29) is 0 Å². The van der Waals surface area contributed by atoms with Gasteiger partial charge in [0.1, 0.15) is 0 Å². The molecule has 70 valence electrons. The van der Waals surface area contributed by atoms with E-state index in [2.05, 4.69) is 18.7 Å². The van der Waals surface area contributed by atoms with Crippen LogP contribution in [-0.2, 0) is 0 Å². The van der Waals surface area contributed by atoms with Gasteiger partial charge in [0, 0.05) is 12.6 Å². The van der Waals surface area contributed by atoms with Crippen LogP contribution in [0.4, 0.5) is 0 Å². The molecule has 1 heterocycles. The number of nitrogens with zero attached hydrogens (tertiary/aromatic N) is 1. The molecule has 0 aromatic heterocycles. The Kier molecular flexibility index (Phi) is 2.40. The normalized spacial score (nSPS) is 39.5. The smallest absolute Gasteiger partial charge is 0.00953 e. The third kappa shape index (κ3) is 1.52. The first-order valence-electron chi connectivity index (χ1n) is 5.51. The second-order valence-electron chi connectivity index (χ2n) is 4.82.